The number of carbonyl (C=O) groups is 1. The fraction of sp³-hybridized carbons (Fsp3) is 0.348. The van der Waals surface area contributed by atoms with E-state index in [0.29, 0.717) is 25.4 Å². The van der Waals surface area contributed by atoms with Gasteiger partial charge in [-0.1, -0.05) is 53.7 Å². The molecule has 2 aliphatic rings. The molecular weight excluding hydrogens is 396 g/mol. The summed E-state index contributed by atoms with van der Waals surface area (Å²) in [6, 6.07) is 16.8. The summed E-state index contributed by atoms with van der Waals surface area (Å²) in [6.45, 7) is 1.60. The summed E-state index contributed by atoms with van der Waals surface area (Å²) in [5.41, 5.74) is 4.73. The lowest BCUT2D eigenvalue weighted by Gasteiger charge is -2.40. The average molecular weight is 421 g/mol. The number of piperidine rings is 1. The Morgan fingerprint density at radius 1 is 1.07 bits per heavy atom. The van der Waals surface area contributed by atoms with Gasteiger partial charge in [0.1, 0.15) is 6.61 Å². The minimum absolute atomic E-state index is 0.0813. The van der Waals surface area contributed by atoms with E-state index >= 15 is 0 Å². The molecule has 1 aromatic heterocycles. The molecule has 2 aromatic carbocycles. The van der Waals surface area contributed by atoms with E-state index < -0.39 is 0 Å². The van der Waals surface area contributed by atoms with Crippen LogP contribution in [0.4, 0.5) is 4.79 Å². The minimum atomic E-state index is -0.247. The van der Waals surface area contributed by atoms with E-state index in [2.05, 4.69) is 59.3 Å². The van der Waals surface area contributed by atoms with Gasteiger partial charge in [-0.2, -0.15) is 12.6 Å². The van der Waals surface area contributed by atoms with Gasteiger partial charge in [-0.05, 0) is 35.1 Å². The van der Waals surface area contributed by atoms with Gasteiger partial charge in [-0.3, -0.25) is 0 Å². The number of likely N-dealkylation sites (tertiary alicyclic amines) is 1. The molecule has 1 saturated heterocycles. The average Bonchev–Trinajstić information content (AvgIpc) is 3.45. The van der Waals surface area contributed by atoms with Gasteiger partial charge in [0.15, 0.2) is 0 Å². The molecule has 154 valence electrons. The van der Waals surface area contributed by atoms with Crippen LogP contribution in [0, 0.1) is 0 Å². The summed E-state index contributed by atoms with van der Waals surface area (Å²) in [5, 5.41) is 8.10. The minimum Gasteiger partial charge on any atom is -0.448 e. The fourth-order valence-corrected chi connectivity index (χ4v) is 5.17. The topological polar surface area (TPSA) is 60.2 Å². The van der Waals surface area contributed by atoms with Gasteiger partial charge in [-0.15, -0.1) is 5.10 Å². The summed E-state index contributed by atoms with van der Waals surface area (Å²) in [7, 11) is 0. The van der Waals surface area contributed by atoms with E-state index in [1.165, 1.54) is 22.3 Å². The monoisotopic (exact) mass is 420 g/mol. The molecule has 6 nitrogen and oxygen atoms in total. The number of thiol groups is 1. The molecule has 30 heavy (non-hydrogen) atoms. The normalized spacial score (nSPS) is 17.4. The number of nitrogens with zero attached hydrogens (tertiary/aromatic N) is 4. The van der Waals surface area contributed by atoms with Gasteiger partial charge in [-0.25, -0.2) is 9.48 Å². The third-order valence-electron chi connectivity index (χ3n) is 6.49. The zero-order valence-electron chi connectivity index (χ0n) is 16.6. The van der Waals surface area contributed by atoms with E-state index in [0.717, 1.165) is 12.8 Å². The first-order chi connectivity index (χ1) is 14.7. The van der Waals surface area contributed by atoms with Crippen LogP contribution in [0.5, 0.6) is 0 Å². The van der Waals surface area contributed by atoms with Crippen LogP contribution in [0.25, 0.3) is 11.1 Å². The molecule has 5 rings (SSSR count). The molecule has 0 unspecified atom stereocenters. The quantitative estimate of drug-likeness (QED) is 0.650. The molecule has 3 aromatic rings. The van der Waals surface area contributed by atoms with Gasteiger partial charge in [0.25, 0.3) is 0 Å². The summed E-state index contributed by atoms with van der Waals surface area (Å²) in [6.07, 6.45) is 4.87. The summed E-state index contributed by atoms with van der Waals surface area (Å²) < 4.78 is 7.69. The van der Waals surface area contributed by atoms with E-state index in [1.54, 1.807) is 11.1 Å². The van der Waals surface area contributed by atoms with E-state index in [4.69, 9.17) is 4.74 Å². The van der Waals surface area contributed by atoms with Crippen molar-refractivity contribution in [1.29, 1.82) is 0 Å². The van der Waals surface area contributed by atoms with Gasteiger partial charge >= 0.3 is 6.09 Å². The Morgan fingerprint density at radius 3 is 2.27 bits per heavy atom. The standard InChI is InChI=1S/C23H24N4O2S/c28-22(26-12-9-23(16-30,10-13-26)27-14-11-24-25-27)29-15-21-19-7-3-1-5-17(19)18-6-2-4-8-20(18)21/h1-8,11,14,21,30H,9-10,12-13,15-16H2. The Labute approximate surface area is 181 Å². The predicted octanol–water partition coefficient (Wildman–Crippen LogP) is 3.95. The Hall–Kier alpha value is -2.80. The maximum Gasteiger partial charge on any atom is 0.409 e. The van der Waals surface area contributed by atoms with Crippen molar-refractivity contribution < 1.29 is 9.53 Å². The van der Waals surface area contributed by atoms with Crippen molar-refractivity contribution in [2.75, 3.05) is 25.4 Å². The molecule has 1 amide bonds. The number of hydrogen-bond donors (Lipinski definition) is 1. The van der Waals surface area contributed by atoms with Crippen LogP contribution in [-0.2, 0) is 10.3 Å². The number of aromatic nitrogens is 3. The second kappa shape index (κ2) is 7.80. The second-order valence-corrected chi connectivity index (χ2v) is 8.34. The van der Waals surface area contributed by atoms with Crippen molar-refractivity contribution in [2.45, 2.75) is 24.3 Å². The SMILES string of the molecule is O=C(OCC1c2ccccc2-c2ccccc21)N1CCC(CS)(n2ccnn2)CC1. The van der Waals surface area contributed by atoms with Crippen LogP contribution in [-0.4, -0.2) is 51.4 Å². The van der Waals surface area contributed by atoms with Gasteiger partial charge in [0.2, 0.25) is 0 Å². The van der Waals surface area contributed by atoms with Gasteiger partial charge in [0, 0.05) is 31.0 Å². The highest BCUT2D eigenvalue weighted by Gasteiger charge is 2.38. The maximum atomic E-state index is 12.8. The molecule has 1 fully saturated rings. The molecule has 0 atom stereocenters. The lowest BCUT2D eigenvalue weighted by atomic mass is 9.89. The Balaban J connectivity index is 1.25. The maximum absolute atomic E-state index is 12.8. The number of ether oxygens (including phenoxy) is 1. The van der Waals surface area contributed by atoms with Crippen molar-refractivity contribution in [1.82, 2.24) is 19.9 Å². The fourth-order valence-electron chi connectivity index (χ4n) is 4.71. The highest BCUT2D eigenvalue weighted by atomic mass is 32.1. The zero-order chi connectivity index (χ0) is 20.6. The Kier molecular flexibility index (Phi) is 4.98. The zero-order valence-corrected chi connectivity index (χ0v) is 17.5. The number of carbonyl (C=O) groups excluding carboxylic acids is 1. The third kappa shape index (κ3) is 3.17. The molecule has 0 radical (unpaired) electrons. The third-order valence-corrected chi connectivity index (χ3v) is 7.08. The molecule has 2 heterocycles. The summed E-state index contributed by atoms with van der Waals surface area (Å²) in [5.74, 6) is 0.743. The van der Waals surface area contributed by atoms with Crippen LogP contribution in [0.1, 0.15) is 29.9 Å². The predicted molar refractivity (Wildman–Crippen MR) is 118 cm³/mol. The number of rotatable bonds is 4. The molecular formula is C23H24N4O2S. The second-order valence-electron chi connectivity index (χ2n) is 8.02. The van der Waals surface area contributed by atoms with Gasteiger partial charge < -0.3 is 9.64 Å². The molecule has 1 aliphatic carbocycles. The number of amides is 1. The molecule has 1 aliphatic heterocycles. The van der Waals surface area contributed by atoms with Crippen molar-refractivity contribution in [2.24, 2.45) is 0 Å². The lowest BCUT2D eigenvalue weighted by Crippen LogP contribution is -2.49. The van der Waals surface area contributed by atoms with E-state index in [1.807, 2.05) is 23.0 Å². The number of benzene rings is 2. The van der Waals surface area contributed by atoms with Crippen molar-refractivity contribution in [3.63, 3.8) is 0 Å². The molecule has 0 saturated carbocycles. The van der Waals surface area contributed by atoms with Crippen LogP contribution >= 0.6 is 12.6 Å². The largest absolute Gasteiger partial charge is 0.448 e. The first-order valence-corrected chi connectivity index (χ1v) is 10.9. The Bertz CT molecular complexity index is 999. The van der Waals surface area contributed by atoms with E-state index in [9.17, 15) is 4.79 Å². The first kappa shape index (κ1) is 19.2. The molecule has 0 spiro atoms. The summed E-state index contributed by atoms with van der Waals surface area (Å²) in [4.78, 5) is 14.6. The first-order valence-electron chi connectivity index (χ1n) is 10.3. The van der Waals surface area contributed by atoms with Crippen LogP contribution in [0.3, 0.4) is 0 Å². The lowest BCUT2D eigenvalue weighted by molar-refractivity contribution is 0.0690. The van der Waals surface area contributed by atoms with Crippen LogP contribution < -0.4 is 0 Å². The highest BCUT2D eigenvalue weighted by molar-refractivity contribution is 7.80. The Morgan fingerprint density at radius 2 is 1.70 bits per heavy atom. The molecule has 0 bridgehead atoms. The van der Waals surface area contributed by atoms with E-state index in [-0.39, 0.29) is 17.6 Å². The number of hydrogen-bond acceptors (Lipinski definition) is 5. The number of fused-ring (bicyclic) bond motifs is 3. The van der Waals surface area contributed by atoms with Crippen molar-refractivity contribution >= 4 is 18.7 Å². The van der Waals surface area contributed by atoms with Crippen molar-refractivity contribution in [3.8, 4) is 11.1 Å². The highest BCUT2D eigenvalue weighted by Crippen LogP contribution is 2.44. The van der Waals surface area contributed by atoms with Gasteiger partial charge in [0.05, 0.1) is 11.7 Å². The summed E-state index contributed by atoms with van der Waals surface area (Å²) >= 11 is 4.55. The van der Waals surface area contributed by atoms with Crippen LogP contribution in [0.2, 0.25) is 0 Å². The smallest absolute Gasteiger partial charge is 0.409 e. The van der Waals surface area contributed by atoms with Crippen molar-refractivity contribution in [3.05, 3.63) is 72.1 Å². The molecule has 0 N–H and O–H groups in total. The van der Waals surface area contributed by atoms with Crippen LogP contribution in [0.15, 0.2) is 60.9 Å². The molecule has 7 heteroatoms.